The van der Waals surface area contributed by atoms with Gasteiger partial charge >= 0.3 is 0 Å². The van der Waals surface area contributed by atoms with E-state index in [0.29, 0.717) is 0 Å². The molecule has 0 unspecified atom stereocenters. The smallest absolute Gasteiger partial charge is 0.110 e. The number of hydrogen-bond donors (Lipinski definition) is 0. The summed E-state index contributed by atoms with van der Waals surface area (Å²) in [7, 11) is 174. The third-order valence-corrected chi connectivity index (χ3v) is 12.8. The van der Waals surface area contributed by atoms with E-state index in [1.807, 2.05) is 0 Å². The zero-order valence-electron chi connectivity index (χ0n) is 35.0. The van der Waals surface area contributed by atoms with E-state index in [9.17, 15) is 0 Å². The van der Waals surface area contributed by atoms with Gasteiger partial charge in [-0.25, -0.2) is 0 Å². The number of rotatable bonds is 3. The van der Waals surface area contributed by atoms with E-state index in [1.54, 1.807) is 0 Å². The zero-order chi connectivity index (χ0) is 49.1. The molecule has 66 heavy (non-hydrogen) atoms. The molecule has 0 fully saturated rings. The Morgan fingerprint density at radius 2 is 0.227 bits per heavy atom. The van der Waals surface area contributed by atoms with Crippen LogP contribution in [0, 0.1) is 0 Å². The molecule has 0 aromatic heterocycles. The van der Waals surface area contributed by atoms with E-state index in [1.165, 1.54) is 0 Å². The summed E-state index contributed by atoms with van der Waals surface area (Å²) >= 11 is 0. The van der Waals surface area contributed by atoms with Gasteiger partial charge in [-0.1, -0.05) is 92.9 Å². The van der Waals surface area contributed by atoms with Crippen LogP contribution in [0.5, 0.6) is 0 Å². The molecule has 0 aliphatic carbocycles. The molecule has 52 radical (unpaired) electrons. The first-order chi connectivity index (χ1) is 30.7. The highest BCUT2D eigenvalue weighted by Gasteiger charge is 2.30. The van der Waals surface area contributed by atoms with Crippen molar-refractivity contribution in [3.05, 3.63) is 0 Å². The minimum Gasteiger partial charge on any atom is -0.110 e. The van der Waals surface area contributed by atoms with Crippen LogP contribution in [0.3, 0.4) is 0 Å². The Morgan fingerprint density at radius 1 is 0.0909 bits per heavy atom. The van der Waals surface area contributed by atoms with E-state index < -0.39 is 0 Å². The largest absolute Gasteiger partial charge is 0.115 e. The van der Waals surface area contributed by atoms with E-state index in [2.05, 4.69) is 0 Å². The molecular formula is C40B26. The van der Waals surface area contributed by atoms with Crippen LogP contribution in [-0.4, -0.2) is 204 Å². The van der Waals surface area contributed by atoms with Crippen LogP contribution in [0.25, 0.3) is 76.5 Å². The SMILES string of the molecule is [B]c1c([B])c(-c2c3c([B])c([B])c([B])c([B])c3c(-c3c([B])c([B])c4c([B])c([B])c([B])c([B])c4c3[B])c3c([B])c([B])c([B])c([B])c23)c([B])c([B])c1-c1c([B])c([B])c([B])c2c([B])c([B])c([B])c([B])c12. The molecule has 0 aliphatic rings. The van der Waals surface area contributed by atoms with Gasteiger partial charge in [0.2, 0.25) is 0 Å². The first kappa shape index (κ1) is 48.9. The molecule has 0 saturated heterocycles. The van der Waals surface area contributed by atoms with Crippen LogP contribution < -0.4 is 142 Å². The fourth-order valence-corrected chi connectivity index (χ4v) is 9.19. The Kier molecular flexibility index (Phi) is 12.3. The summed E-state index contributed by atoms with van der Waals surface area (Å²) in [6, 6.07) is 0. The fourth-order valence-electron chi connectivity index (χ4n) is 9.19. The molecular weight excluding hydrogens is 762 g/mol. The summed E-state index contributed by atoms with van der Waals surface area (Å²) in [5.74, 6) is 0. The second-order valence-electron chi connectivity index (χ2n) is 16.0. The lowest BCUT2D eigenvalue weighted by Gasteiger charge is -2.33. The van der Waals surface area contributed by atoms with Crippen molar-refractivity contribution in [2.24, 2.45) is 0 Å². The monoisotopic (exact) mass is 766 g/mol. The Bertz CT molecular complexity index is 3530. The Hall–Kier alpha value is -3.51. The molecule has 0 spiro atoms. The van der Waals surface area contributed by atoms with E-state index >= 15 is 0 Å². The lowest BCUT2D eigenvalue weighted by molar-refractivity contribution is 1.83. The van der Waals surface area contributed by atoms with Crippen LogP contribution in [-0.2, 0) is 0 Å². The number of fused-ring (bicyclic) bond motifs is 4. The van der Waals surface area contributed by atoms with Gasteiger partial charge in [0.25, 0.3) is 0 Å². The Labute approximate surface area is 419 Å². The lowest BCUT2D eigenvalue weighted by Crippen LogP contribution is -2.53. The van der Waals surface area contributed by atoms with Crippen molar-refractivity contribution in [1.82, 2.24) is 0 Å². The van der Waals surface area contributed by atoms with Crippen molar-refractivity contribution < 1.29 is 0 Å². The van der Waals surface area contributed by atoms with Crippen LogP contribution in [0.2, 0.25) is 0 Å². The van der Waals surface area contributed by atoms with Gasteiger partial charge in [0.1, 0.15) is 204 Å². The number of hydrogen-bond acceptors (Lipinski definition) is 0. The van der Waals surface area contributed by atoms with Crippen molar-refractivity contribution >= 4 is 389 Å². The molecule has 0 aliphatic heterocycles. The minimum absolute atomic E-state index is 0.00182. The highest BCUT2D eigenvalue weighted by atomic mass is 14.3. The van der Waals surface area contributed by atoms with Crippen LogP contribution in [0.4, 0.5) is 0 Å². The van der Waals surface area contributed by atoms with Crippen LogP contribution in [0.1, 0.15) is 0 Å². The van der Waals surface area contributed by atoms with Gasteiger partial charge in [0.05, 0.1) is 0 Å². The second-order valence-corrected chi connectivity index (χ2v) is 16.0. The molecule has 0 atom stereocenters. The molecule has 0 N–H and O–H groups in total. The predicted octanol–water partition coefficient (Wildman–Crippen LogP) is -20.1. The van der Waals surface area contributed by atoms with Gasteiger partial charge in [-0.05, 0) is 76.5 Å². The first-order valence-corrected chi connectivity index (χ1v) is 19.3. The van der Waals surface area contributed by atoms with Crippen molar-refractivity contribution in [3.63, 3.8) is 0 Å². The molecule has 0 bridgehead atoms. The highest BCUT2D eigenvalue weighted by molar-refractivity contribution is 6.77. The summed E-state index contributed by atoms with van der Waals surface area (Å²) < 4.78 is 0. The molecule has 8 rings (SSSR count). The van der Waals surface area contributed by atoms with Gasteiger partial charge in [-0.3, -0.25) is 0 Å². The summed E-state index contributed by atoms with van der Waals surface area (Å²) in [6.45, 7) is 0. The second kappa shape index (κ2) is 16.6. The fraction of sp³-hybridized carbons (Fsp3) is 0. The van der Waals surface area contributed by atoms with E-state index in [-0.39, 0.29) is 219 Å². The Balaban J connectivity index is 1.68. The molecule has 26 heteroatoms. The van der Waals surface area contributed by atoms with Gasteiger partial charge in [0.15, 0.2) is 0 Å². The summed E-state index contributed by atoms with van der Waals surface area (Å²) in [5.41, 5.74) is -3.93. The molecule has 8 aromatic carbocycles. The normalized spacial score (nSPS) is 11.7. The maximum absolute atomic E-state index is 7.12. The Morgan fingerprint density at radius 3 is 0.515 bits per heavy atom. The van der Waals surface area contributed by atoms with Gasteiger partial charge < -0.3 is 0 Å². The molecule has 238 valence electrons. The standard InChI is InChI=1S/C40B26/c41-15-9(22(48)27(53)14-13(15)30(56)39(65)40(66)31(14)57)1-3-5(18(44)35(61)33(59)16(3)42)2(6-4(1)17(43)34(60)36(62)19(6)45)10-23(49)25(51)11(26(52)24(10)50)7-8-12(28(54)32(58)20(7)46)29(55)38(64)37(63)21(8)47. The minimum atomic E-state index is -0.253. The molecule has 0 heterocycles. The van der Waals surface area contributed by atoms with Gasteiger partial charge in [0, 0.05) is 0 Å². The van der Waals surface area contributed by atoms with Crippen molar-refractivity contribution in [1.29, 1.82) is 0 Å². The molecule has 0 saturated carbocycles. The summed E-state index contributed by atoms with van der Waals surface area (Å²) in [5, 5.41) is 0.354. The third kappa shape index (κ3) is 6.29. The highest BCUT2D eigenvalue weighted by Crippen LogP contribution is 2.39. The zero-order valence-corrected chi connectivity index (χ0v) is 35.0. The van der Waals surface area contributed by atoms with E-state index in [4.69, 9.17) is 204 Å². The summed E-state index contributed by atoms with van der Waals surface area (Å²) in [6.07, 6.45) is 0. The first-order valence-electron chi connectivity index (χ1n) is 19.3. The van der Waals surface area contributed by atoms with Crippen molar-refractivity contribution in [3.8, 4) is 33.4 Å². The lowest BCUT2D eigenvalue weighted by atomic mass is 9.55. The van der Waals surface area contributed by atoms with Gasteiger partial charge in [-0.15, -0.1) is 49.2 Å². The van der Waals surface area contributed by atoms with Crippen LogP contribution in [0.15, 0.2) is 0 Å². The molecule has 8 aromatic rings. The molecule has 0 amide bonds. The van der Waals surface area contributed by atoms with E-state index in [0.717, 1.165) is 0 Å². The topological polar surface area (TPSA) is 0 Å². The molecule has 0 nitrogen and oxygen atoms in total. The number of benzene rings is 8. The van der Waals surface area contributed by atoms with Crippen molar-refractivity contribution in [2.45, 2.75) is 0 Å². The van der Waals surface area contributed by atoms with Crippen LogP contribution >= 0.6 is 0 Å². The summed E-state index contributed by atoms with van der Waals surface area (Å²) in [4.78, 5) is 0. The van der Waals surface area contributed by atoms with Crippen molar-refractivity contribution in [2.75, 3.05) is 0 Å². The maximum atomic E-state index is 7.12. The average molecular weight is 762 g/mol. The quantitative estimate of drug-likeness (QED) is 0.124. The maximum Gasteiger partial charge on any atom is 0.115 e. The average Bonchev–Trinajstić information content (AvgIpc) is 3.28. The third-order valence-electron chi connectivity index (χ3n) is 12.8. The van der Waals surface area contributed by atoms with Gasteiger partial charge in [-0.2, -0.15) is 0 Å². The predicted molar refractivity (Wildman–Crippen MR) is 313 cm³/mol.